The van der Waals surface area contributed by atoms with Gasteiger partial charge in [-0.2, -0.15) is 4.31 Å². The SMILES string of the molecule is CNCCC1CCCCN1S(=O)(=O)c1ccc(C)cc1C. The first kappa shape index (κ1) is 16.5. The van der Waals surface area contributed by atoms with E-state index < -0.39 is 10.0 Å². The number of nitrogens with one attached hydrogen (secondary N) is 1. The highest BCUT2D eigenvalue weighted by Gasteiger charge is 2.33. The summed E-state index contributed by atoms with van der Waals surface area (Å²) >= 11 is 0. The van der Waals surface area contributed by atoms with Crippen molar-refractivity contribution in [3.05, 3.63) is 29.3 Å². The molecule has 1 aromatic rings. The number of hydrogen-bond acceptors (Lipinski definition) is 3. The predicted octanol–water partition coefficient (Wildman–Crippen LogP) is 2.46. The van der Waals surface area contributed by atoms with E-state index in [9.17, 15) is 8.42 Å². The largest absolute Gasteiger partial charge is 0.320 e. The van der Waals surface area contributed by atoms with E-state index in [4.69, 9.17) is 0 Å². The highest BCUT2D eigenvalue weighted by Crippen LogP contribution is 2.28. The van der Waals surface area contributed by atoms with E-state index in [1.165, 1.54) is 0 Å². The third kappa shape index (κ3) is 3.65. The Kier molecular flexibility index (Phi) is 5.41. The zero-order chi connectivity index (χ0) is 15.5. The third-order valence-corrected chi connectivity index (χ3v) is 6.33. The van der Waals surface area contributed by atoms with Gasteiger partial charge in [-0.25, -0.2) is 8.42 Å². The highest BCUT2D eigenvalue weighted by molar-refractivity contribution is 7.89. The van der Waals surface area contributed by atoms with Crippen LogP contribution in [-0.4, -0.2) is 38.9 Å². The second-order valence-corrected chi connectivity index (χ2v) is 7.79. The van der Waals surface area contributed by atoms with E-state index in [0.717, 1.165) is 43.4 Å². The van der Waals surface area contributed by atoms with Crippen LogP contribution in [0.2, 0.25) is 0 Å². The van der Waals surface area contributed by atoms with Crippen LogP contribution in [0.3, 0.4) is 0 Å². The first-order valence-electron chi connectivity index (χ1n) is 7.70. The monoisotopic (exact) mass is 310 g/mol. The van der Waals surface area contributed by atoms with E-state index in [0.29, 0.717) is 11.4 Å². The molecule has 0 amide bonds. The quantitative estimate of drug-likeness (QED) is 0.909. The van der Waals surface area contributed by atoms with Crippen molar-refractivity contribution < 1.29 is 8.42 Å². The lowest BCUT2D eigenvalue weighted by atomic mass is 10.0. The molecule has 1 fully saturated rings. The van der Waals surface area contributed by atoms with Gasteiger partial charge >= 0.3 is 0 Å². The molecule has 21 heavy (non-hydrogen) atoms. The third-order valence-electron chi connectivity index (χ3n) is 4.22. The summed E-state index contributed by atoms with van der Waals surface area (Å²) in [6, 6.07) is 5.70. The first-order chi connectivity index (χ1) is 9.96. The number of sulfonamides is 1. The van der Waals surface area contributed by atoms with Crippen molar-refractivity contribution in [2.24, 2.45) is 0 Å². The summed E-state index contributed by atoms with van der Waals surface area (Å²) in [5.41, 5.74) is 1.93. The molecular weight excluding hydrogens is 284 g/mol. The topological polar surface area (TPSA) is 49.4 Å². The second kappa shape index (κ2) is 6.90. The van der Waals surface area contributed by atoms with Crippen LogP contribution in [0.1, 0.15) is 36.8 Å². The van der Waals surface area contributed by atoms with Crippen LogP contribution >= 0.6 is 0 Å². The summed E-state index contributed by atoms with van der Waals surface area (Å²) in [6.45, 7) is 5.36. The number of piperidine rings is 1. The average molecular weight is 310 g/mol. The van der Waals surface area contributed by atoms with E-state index in [-0.39, 0.29) is 6.04 Å². The summed E-state index contributed by atoms with van der Waals surface area (Å²) in [7, 11) is -1.47. The molecule has 0 aromatic heterocycles. The van der Waals surface area contributed by atoms with Gasteiger partial charge in [-0.3, -0.25) is 0 Å². The lowest BCUT2D eigenvalue weighted by molar-refractivity contribution is 0.240. The van der Waals surface area contributed by atoms with Crippen molar-refractivity contribution >= 4 is 10.0 Å². The first-order valence-corrected chi connectivity index (χ1v) is 9.14. The Hall–Kier alpha value is -0.910. The van der Waals surface area contributed by atoms with E-state index >= 15 is 0 Å². The minimum Gasteiger partial charge on any atom is -0.320 e. The number of aryl methyl sites for hydroxylation is 2. The van der Waals surface area contributed by atoms with Crippen molar-refractivity contribution in [1.29, 1.82) is 0 Å². The molecule has 1 aromatic carbocycles. The summed E-state index contributed by atoms with van der Waals surface area (Å²) in [5.74, 6) is 0. The Balaban J connectivity index is 2.31. The second-order valence-electron chi connectivity index (χ2n) is 5.93. The Morgan fingerprint density at radius 3 is 2.71 bits per heavy atom. The number of benzene rings is 1. The Morgan fingerprint density at radius 2 is 2.05 bits per heavy atom. The van der Waals surface area contributed by atoms with Crippen molar-refractivity contribution in [2.45, 2.75) is 50.5 Å². The van der Waals surface area contributed by atoms with Gasteiger partial charge in [0.15, 0.2) is 0 Å². The van der Waals surface area contributed by atoms with Crippen LogP contribution in [0.25, 0.3) is 0 Å². The smallest absolute Gasteiger partial charge is 0.243 e. The minimum absolute atomic E-state index is 0.122. The van der Waals surface area contributed by atoms with Crippen LogP contribution in [-0.2, 0) is 10.0 Å². The average Bonchev–Trinajstić information content (AvgIpc) is 2.45. The summed E-state index contributed by atoms with van der Waals surface area (Å²) in [5, 5.41) is 3.12. The molecule has 0 radical (unpaired) electrons. The molecule has 0 aliphatic carbocycles. The summed E-state index contributed by atoms with van der Waals surface area (Å²) < 4.78 is 27.7. The Bertz CT molecular complexity index is 584. The molecule has 0 spiro atoms. The Labute approximate surface area is 128 Å². The molecule has 1 heterocycles. The fourth-order valence-electron chi connectivity index (χ4n) is 3.10. The molecule has 1 N–H and O–H groups in total. The highest BCUT2D eigenvalue weighted by atomic mass is 32.2. The minimum atomic E-state index is -3.38. The lowest BCUT2D eigenvalue weighted by Crippen LogP contribution is -2.44. The maximum atomic E-state index is 13.0. The van der Waals surface area contributed by atoms with Crippen molar-refractivity contribution in [3.63, 3.8) is 0 Å². The van der Waals surface area contributed by atoms with Crippen molar-refractivity contribution in [1.82, 2.24) is 9.62 Å². The maximum absolute atomic E-state index is 13.0. The summed E-state index contributed by atoms with van der Waals surface area (Å²) in [4.78, 5) is 0.462. The summed E-state index contributed by atoms with van der Waals surface area (Å²) in [6.07, 6.45) is 3.92. The van der Waals surface area contributed by atoms with E-state index in [1.54, 1.807) is 10.4 Å². The predicted molar refractivity (Wildman–Crippen MR) is 86.0 cm³/mol. The Morgan fingerprint density at radius 1 is 1.29 bits per heavy atom. The van der Waals surface area contributed by atoms with Crippen LogP contribution in [0.5, 0.6) is 0 Å². The molecule has 118 valence electrons. The van der Waals surface area contributed by atoms with E-state index in [2.05, 4.69) is 5.32 Å². The van der Waals surface area contributed by atoms with Gasteiger partial charge < -0.3 is 5.32 Å². The molecule has 0 saturated carbocycles. The number of rotatable bonds is 5. The van der Waals surface area contributed by atoms with Gasteiger partial charge in [0.1, 0.15) is 0 Å². The van der Waals surface area contributed by atoms with E-state index in [1.807, 2.05) is 33.0 Å². The van der Waals surface area contributed by atoms with Crippen LogP contribution in [0.4, 0.5) is 0 Å². The van der Waals surface area contributed by atoms with Gasteiger partial charge in [-0.15, -0.1) is 0 Å². The molecule has 2 rings (SSSR count). The fraction of sp³-hybridized carbons (Fsp3) is 0.625. The van der Waals surface area contributed by atoms with Gasteiger partial charge in [0.05, 0.1) is 4.90 Å². The molecule has 5 heteroatoms. The van der Waals surface area contributed by atoms with Crippen LogP contribution in [0.15, 0.2) is 23.1 Å². The number of hydrogen-bond donors (Lipinski definition) is 1. The number of nitrogens with zero attached hydrogens (tertiary/aromatic N) is 1. The molecule has 1 saturated heterocycles. The van der Waals surface area contributed by atoms with Gasteiger partial charge in [0, 0.05) is 12.6 Å². The molecular formula is C16H26N2O2S. The normalized spacial score (nSPS) is 20.6. The maximum Gasteiger partial charge on any atom is 0.243 e. The van der Waals surface area contributed by atoms with Crippen molar-refractivity contribution in [3.8, 4) is 0 Å². The molecule has 1 aliphatic heterocycles. The molecule has 1 unspecified atom stereocenters. The molecule has 1 atom stereocenters. The van der Waals surface area contributed by atoms with Crippen LogP contribution < -0.4 is 5.32 Å². The zero-order valence-electron chi connectivity index (χ0n) is 13.2. The lowest BCUT2D eigenvalue weighted by Gasteiger charge is -2.35. The van der Waals surface area contributed by atoms with Gasteiger partial charge in [0.25, 0.3) is 0 Å². The van der Waals surface area contributed by atoms with Crippen LogP contribution in [0, 0.1) is 13.8 Å². The standard InChI is InChI=1S/C16H26N2O2S/c1-13-7-8-16(14(2)12-13)21(19,20)18-11-5-4-6-15(18)9-10-17-3/h7-8,12,15,17H,4-6,9-11H2,1-3H3. The fourth-order valence-corrected chi connectivity index (χ4v) is 5.04. The molecule has 0 bridgehead atoms. The molecule has 4 nitrogen and oxygen atoms in total. The van der Waals surface area contributed by atoms with Crippen molar-refractivity contribution in [2.75, 3.05) is 20.1 Å². The van der Waals surface area contributed by atoms with Gasteiger partial charge in [-0.1, -0.05) is 24.1 Å². The van der Waals surface area contributed by atoms with Gasteiger partial charge in [0.2, 0.25) is 10.0 Å². The zero-order valence-corrected chi connectivity index (χ0v) is 14.0. The van der Waals surface area contributed by atoms with Gasteiger partial charge in [-0.05, 0) is 58.3 Å². The molecule has 1 aliphatic rings.